The molecule has 0 radical (unpaired) electrons. The molecule has 122 valence electrons. The number of nitrogens with one attached hydrogen (secondary N) is 2. The van der Waals surface area contributed by atoms with E-state index in [1.54, 1.807) is 12.3 Å². The summed E-state index contributed by atoms with van der Waals surface area (Å²) in [5.41, 5.74) is 2.11. The number of furan rings is 1. The minimum Gasteiger partial charge on any atom is -0.469 e. The van der Waals surface area contributed by atoms with E-state index in [1.807, 2.05) is 30.3 Å². The fraction of sp³-hybridized carbons (Fsp3) is 0.263. The van der Waals surface area contributed by atoms with Crippen molar-refractivity contribution in [1.29, 1.82) is 0 Å². The average Bonchev–Trinajstić information content (AvgIpc) is 3.05. The number of fused-ring (bicyclic) bond motifs is 2. The largest absolute Gasteiger partial charge is 0.469 e. The number of hydrogen-bond acceptors (Lipinski definition) is 3. The zero-order valence-electron chi connectivity index (χ0n) is 13.2. The number of aromatic amines is 1. The number of hydrogen-bond donors (Lipinski definition) is 2. The van der Waals surface area contributed by atoms with Crippen molar-refractivity contribution in [1.82, 2.24) is 10.3 Å². The number of benzene rings is 1. The van der Waals surface area contributed by atoms with Gasteiger partial charge in [0.05, 0.1) is 18.7 Å². The van der Waals surface area contributed by atoms with E-state index in [1.165, 1.54) is 0 Å². The van der Waals surface area contributed by atoms with Gasteiger partial charge in [0.25, 0.3) is 5.56 Å². The molecular formula is C19H18N2O3. The molecule has 0 spiro atoms. The van der Waals surface area contributed by atoms with Gasteiger partial charge in [-0.1, -0.05) is 18.2 Å². The Balaban J connectivity index is 1.53. The molecule has 1 aliphatic carbocycles. The molecule has 5 nitrogen and oxygen atoms in total. The van der Waals surface area contributed by atoms with Crippen molar-refractivity contribution in [3.05, 3.63) is 69.9 Å². The molecule has 2 aromatic heterocycles. The van der Waals surface area contributed by atoms with Crippen LogP contribution >= 0.6 is 0 Å². The van der Waals surface area contributed by atoms with Gasteiger partial charge in [-0.2, -0.15) is 0 Å². The minimum atomic E-state index is -0.212. The Morgan fingerprint density at radius 2 is 2.17 bits per heavy atom. The molecule has 0 bridgehead atoms. The van der Waals surface area contributed by atoms with E-state index in [9.17, 15) is 9.59 Å². The molecule has 24 heavy (non-hydrogen) atoms. The van der Waals surface area contributed by atoms with Gasteiger partial charge in [0.2, 0.25) is 5.91 Å². The zero-order valence-corrected chi connectivity index (χ0v) is 13.2. The Hall–Kier alpha value is -2.82. The number of H-pyrrole nitrogens is 1. The normalized spacial score (nSPS) is 16.8. The van der Waals surface area contributed by atoms with Crippen LogP contribution in [0.25, 0.3) is 10.9 Å². The number of carbonyl (C=O) groups excluding carboxylic acids is 1. The summed E-state index contributed by atoms with van der Waals surface area (Å²) in [6, 6.07) is 11.2. The highest BCUT2D eigenvalue weighted by molar-refractivity contribution is 5.82. The summed E-state index contributed by atoms with van der Waals surface area (Å²) in [6.07, 6.45) is 4.54. The lowest BCUT2D eigenvalue weighted by atomic mass is 9.93. The van der Waals surface area contributed by atoms with Gasteiger partial charge in [0, 0.05) is 23.1 Å². The molecule has 0 aliphatic heterocycles. The van der Waals surface area contributed by atoms with Crippen LogP contribution in [0, 0.1) is 0 Å². The summed E-state index contributed by atoms with van der Waals surface area (Å²) in [4.78, 5) is 27.4. The Kier molecular flexibility index (Phi) is 3.69. The molecule has 1 amide bonds. The lowest BCUT2D eigenvalue weighted by Gasteiger charge is -2.22. The summed E-state index contributed by atoms with van der Waals surface area (Å²) < 4.78 is 5.45. The predicted octanol–water partition coefficient (Wildman–Crippen LogP) is 2.86. The van der Waals surface area contributed by atoms with Crippen molar-refractivity contribution >= 4 is 16.8 Å². The average molecular weight is 322 g/mol. The summed E-state index contributed by atoms with van der Waals surface area (Å²) in [7, 11) is 0. The van der Waals surface area contributed by atoms with Crippen LogP contribution in [0.3, 0.4) is 0 Å². The van der Waals surface area contributed by atoms with Crippen LogP contribution in [0.15, 0.2) is 51.9 Å². The van der Waals surface area contributed by atoms with Crippen LogP contribution in [0.1, 0.15) is 35.8 Å². The second-order valence-electron chi connectivity index (χ2n) is 6.20. The topological polar surface area (TPSA) is 75.1 Å². The number of para-hydroxylation sites is 1. The van der Waals surface area contributed by atoms with Gasteiger partial charge in [-0.05, 0) is 36.4 Å². The smallest absolute Gasteiger partial charge is 0.252 e. The predicted molar refractivity (Wildman–Crippen MR) is 90.8 cm³/mol. The van der Waals surface area contributed by atoms with Crippen molar-refractivity contribution in [2.75, 3.05) is 0 Å². The van der Waals surface area contributed by atoms with Crippen LogP contribution in [-0.4, -0.2) is 10.9 Å². The molecule has 1 unspecified atom stereocenters. The summed E-state index contributed by atoms with van der Waals surface area (Å²) in [5, 5.41) is 3.96. The molecular weight excluding hydrogens is 304 g/mol. The van der Waals surface area contributed by atoms with Crippen LogP contribution in [0.2, 0.25) is 0 Å². The number of aromatic nitrogens is 1. The van der Waals surface area contributed by atoms with Gasteiger partial charge >= 0.3 is 0 Å². The molecule has 5 heteroatoms. The molecule has 0 saturated carbocycles. The lowest BCUT2D eigenvalue weighted by Crippen LogP contribution is -2.33. The molecule has 0 saturated heterocycles. The highest BCUT2D eigenvalue weighted by atomic mass is 16.3. The number of rotatable bonds is 3. The molecule has 3 aromatic rings. The number of aryl methyl sites for hydroxylation is 1. The number of pyridine rings is 1. The number of amides is 1. The maximum Gasteiger partial charge on any atom is 0.252 e. The molecule has 2 N–H and O–H groups in total. The zero-order chi connectivity index (χ0) is 16.5. The third-order valence-electron chi connectivity index (χ3n) is 4.57. The Bertz CT molecular complexity index is 954. The quantitative estimate of drug-likeness (QED) is 0.778. The third kappa shape index (κ3) is 2.73. The van der Waals surface area contributed by atoms with Crippen LogP contribution in [0.4, 0.5) is 0 Å². The third-order valence-corrected chi connectivity index (χ3v) is 4.57. The van der Waals surface area contributed by atoms with Crippen molar-refractivity contribution in [2.24, 2.45) is 0 Å². The number of carbonyl (C=O) groups is 1. The first-order valence-corrected chi connectivity index (χ1v) is 8.17. The molecule has 1 aromatic carbocycles. The van der Waals surface area contributed by atoms with Crippen LogP contribution in [0.5, 0.6) is 0 Å². The minimum absolute atomic E-state index is 0.0282. The summed E-state index contributed by atoms with van der Waals surface area (Å²) >= 11 is 0. The van der Waals surface area contributed by atoms with E-state index in [0.717, 1.165) is 41.5 Å². The highest BCUT2D eigenvalue weighted by Gasteiger charge is 2.24. The van der Waals surface area contributed by atoms with Gasteiger partial charge < -0.3 is 14.7 Å². The van der Waals surface area contributed by atoms with Crippen molar-refractivity contribution in [3.8, 4) is 0 Å². The maximum atomic E-state index is 12.4. The van der Waals surface area contributed by atoms with E-state index in [0.29, 0.717) is 5.56 Å². The van der Waals surface area contributed by atoms with Crippen molar-refractivity contribution in [3.63, 3.8) is 0 Å². The van der Waals surface area contributed by atoms with Gasteiger partial charge in [-0.3, -0.25) is 9.59 Å². The maximum absolute atomic E-state index is 12.4. The first-order valence-electron chi connectivity index (χ1n) is 8.17. The molecule has 0 fully saturated rings. The van der Waals surface area contributed by atoms with Crippen LogP contribution < -0.4 is 10.9 Å². The fourth-order valence-corrected chi connectivity index (χ4v) is 3.38. The van der Waals surface area contributed by atoms with Gasteiger partial charge in [0.15, 0.2) is 0 Å². The molecule has 1 aliphatic rings. The van der Waals surface area contributed by atoms with E-state index < -0.39 is 0 Å². The van der Waals surface area contributed by atoms with Crippen LogP contribution in [-0.2, 0) is 17.6 Å². The fourth-order valence-electron chi connectivity index (χ4n) is 3.38. The van der Waals surface area contributed by atoms with Crippen molar-refractivity contribution in [2.45, 2.75) is 31.7 Å². The van der Waals surface area contributed by atoms with E-state index in [2.05, 4.69) is 10.3 Å². The first kappa shape index (κ1) is 14.8. The summed E-state index contributed by atoms with van der Waals surface area (Å²) in [6.45, 7) is 0. The van der Waals surface area contributed by atoms with E-state index >= 15 is 0 Å². The second-order valence-corrected chi connectivity index (χ2v) is 6.20. The Morgan fingerprint density at radius 1 is 1.29 bits per heavy atom. The second kappa shape index (κ2) is 6.00. The van der Waals surface area contributed by atoms with Crippen molar-refractivity contribution < 1.29 is 9.21 Å². The van der Waals surface area contributed by atoms with E-state index in [4.69, 9.17) is 4.42 Å². The first-order chi connectivity index (χ1) is 11.7. The highest BCUT2D eigenvalue weighted by Crippen LogP contribution is 2.30. The lowest BCUT2D eigenvalue weighted by molar-refractivity contribution is -0.121. The molecule has 2 heterocycles. The van der Waals surface area contributed by atoms with Gasteiger partial charge in [-0.25, -0.2) is 0 Å². The van der Waals surface area contributed by atoms with Gasteiger partial charge in [-0.15, -0.1) is 0 Å². The Morgan fingerprint density at radius 3 is 3.08 bits per heavy atom. The molecule has 4 rings (SSSR count). The summed E-state index contributed by atoms with van der Waals surface area (Å²) in [5.74, 6) is 0.810. The van der Waals surface area contributed by atoms with E-state index in [-0.39, 0.29) is 23.9 Å². The van der Waals surface area contributed by atoms with Gasteiger partial charge in [0.1, 0.15) is 5.76 Å². The monoisotopic (exact) mass is 322 g/mol. The Labute approximate surface area is 138 Å². The SMILES string of the molecule is O=C(Cc1cc2ccccc2[nH]c1=O)NC1CCCc2occc21. The standard InChI is InChI=1S/C19H18N2O3/c22-18(20-16-6-3-7-17-14(16)8-9-24-17)11-13-10-12-4-1-2-5-15(12)21-19(13)23/h1-2,4-5,8-10,16H,3,6-7,11H2,(H,20,22)(H,21,23). The molecule has 1 atom stereocenters.